The first-order valence-electron chi connectivity index (χ1n) is 16.9. The molecule has 0 N–H and O–H groups in total. The van der Waals surface area contributed by atoms with E-state index in [-0.39, 0.29) is 0 Å². The van der Waals surface area contributed by atoms with Crippen molar-refractivity contribution in [1.82, 2.24) is 0 Å². The zero-order valence-corrected chi connectivity index (χ0v) is 25.8. The van der Waals surface area contributed by atoms with Crippen molar-refractivity contribution in [3.8, 4) is 0 Å². The van der Waals surface area contributed by atoms with Crippen molar-refractivity contribution in [2.45, 2.75) is 181 Å². The summed E-state index contributed by atoms with van der Waals surface area (Å²) in [5, 5.41) is 0. The monoisotopic (exact) mass is 535 g/mol. The molecule has 0 spiro atoms. The first-order chi connectivity index (χ1) is 18.8. The molecule has 0 radical (unpaired) electrons. The van der Waals surface area contributed by atoms with Crippen LogP contribution < -0.4 is 0 Å². The van der Waals surface area contributed by atoms with Crippen LogP contribution in [0.1, 0.15) is 181 Å². The minimum Gasteiger partial charge on any atom is -0.434 e. The van der Waals surface area contributed by atoms with Crippen LogP contribution in [0.2, 0.25) is 0 Å². The van der Waals surface area contributed by atoms with E-state index in [0.717, 1.165) is 25.7 Å². The summed E-state index contributed by atoms with van der Waals surface area (Å²) in [6.45, 7) is 5.52. The van der Waals surface area contributed by atoms with Crippen LogP contribution in [0.4, 0.5) is 4.79 Å². The first-order valence-corrected chi connectivity index (χ1v) is 16.9. The third kappa shape index (κ3) is 32.8. The van der Waals surface area contributed by atoms with E-state index >= 15 is 0 Å². The van der Waals surface area contributed by atoms with E-state index in [2.05, 4.69) is 38.2 Å². The lowest BCUT2D eigenvalue weighted by Gasteiger charge is -2.06. The zero-order valence-electron chi connectivity index (χ0n) is 25.8. The predicted octanol–water partition coefficient (Wildman–Crippen LogP) is 12.4. The molecule has 0 bridgehead atoms. The molecule has 224 valence electrons. The lowest BCUT2D eigenvalue weighted by atomic mass is 10.1. The van der Waals surface area contributed by atoms with Crippen molar-refractivity contribution >= 4 is 6.16 Å². The van der Waals surface area contributed by atoms with Crippen LogP contribution in [0.15, 0.2) is 24.3 Å². The molecule has 0 amide bonds. The van der Waals surface area contributed by atoms with E-state index in [1.165, 1.54) is 141 Å². The molecule has 0 atom stereocenters. The third-order valence-corrected chi connectivity index (χ3v) is 7.25. The van der Waals surface area contributed by atoms with Crippen molar-refractivity contribution in [2.24, 2.45) is 0 Å². The molecular weight excluding hydrogens is 468 g/mol. The van der Waals surface area contributed by atoms with Crippen LogP contribution in [0.5, 0.6) is 0 Å². The molecule has 3 heteroatoms. The molecule has 0 aromatic heterocycles. The van der Waals surface area contributed by atoms with Crippen LogP contribution in [0, 0.1) is 0 Å². The number of allylic oxidation sites excluding steroid dienone is 4. The van der Waals surface area contributed by atoms with Crippen molar-refractivity contribution in [2.75, 3.05) is 13.2 Å². The van der Waals surface area contributed by atoms with Crippen LogP contribution in [0.25, 0.3) is 0 Å². The highest BCUT2D eigenvalue weighted by Gasteiger charge is 2.03. The normalized spacial score (nSPS) is 11.6. The van der Waals surface area contributed by atoms with Gasteiger partial charge in [0.1, 0.15) is 0 Å². The van der Waals surface area contributed by atoms with E-state index in [4.69, 9.17) is 9.47 Å². The van der Waals surface area contributed by atoms with E-state index in [9.17, 15) is 4.79 Å². The largest absolute Gasteiger partial charge is 0.508 e. The van der Waals surface area contributed by atoms with Crippen LogP contribution in [-0.4, -0.2) is 19.4 Å². The number of carbonyl (C=O) groups excluding carboxylic acids is 1. The molecule has 0 aliphatic heterocycles. The van der Waals surface area contributed by atoms with Gasteiger partial charge in [0, 0.05) is 0 Å². The highest BCUT2D eigenvalue weighted by atomic mass is 16.7. The number of hydrogen-bond acceptors (Lipinski definition) is 3. The second-order valence-electron chi connectivity index (χ2n) is 11.1. The van der Waals surface area contributed by atoms with Gasteiger partial charge in [-0.15, -0.1) is 0 Å². The van der Waals surface area contributed by atoms with Gasteiger partial charge in [0.05, 0.1) is 13.2 Å². The van der Waals surface area contributed by atoms with Gasteiger partial charge >= 0.3 is 6.16 Å². The number of ether oxygens (including phenoxy) is 2. The number of hydrogen-bond donors (Lipinski definition) is 0. The molecule has 0 saturated heterocycles. The van der Waals surface area contributed by atoms with Gasteiger partial charge in [-0.1, -0.05) is 141 Å². The Hall–Kier alpha value is -1.25. The maximum absolute atomic E-state index is 11.7. The van der Waals surface area contributed by atoms with Crippen molar-refractivity contribution in [1.29, 1.82) is 0 Å². The summed E-state index contributed by atoms with van der Waals surface area (Å²) in [7, 11) is 0. The summed E-state index contributed by atoms with van der Waals surface area (Å²) in [6.07, 6.45) is 42.1. The van der Waals surface area contributed by atoms with Gasteiger partial charge in [-0.2, -0.15) is 0 Å². The van der Waals surface area contributed by atoms with E-state index in [0.29, 0.717) is 13.2 Å². The summed E-state index contributed by atoms with van der Waals surface area (Å²) in [4.78, 5) is 11.7. The fourth-order valence-electron chi connectivity index (χ4n) is 4.70. The smallest absolute Gasteiger partial charge is 0.434 e. The molecule has 0 aromatic carbocycles. The minimum absolute atomic E-state index is 0.487. The van der Waals surface area contributed by atoms with Gasteiger partial charge in [0.2, 0.25) is 0 Å². The second kappa shape index (κ2) is 33.8. The van der Waals surface area contributed by atoms with E-state index in [1.807, 2.05) is 0 Å². The molecule has 0 aliphatic rings. The first kappa shape index (κ1) is 36.8. The summed E-state index contributed by atoms with van der Waals surface area (Å²) >= 11 is 0. The Bertz CT molecular complexity index is 511. The maximum Gasteiger partial charge on any atom is 0.508 e. The Morgan fingerprint density at radius 2 is 0.658 bits per heavy atom. The van der Waals surface area contributed by atoms with Gasteiger partial charge in [-0.05, 0) is 64.2 Å². The zero-order chi connectivity index (χ0) is 27.6. The number of carbonyl (C=O) groups is 1. The minimum atomic E-state index is -0.487. The summed E-state index contributed by atoms with van der Waals surface area (Å²) in [6, 6.07) is 0. The summed E-state index contributed by atoms with van der Waals surface area (Å²) in [5.41, 5.74) is 0. The Morgan fingerprint density at radius 1 is 0.395 bits per heavy atom. The molecular formula is C35H66O3. The Balaban J connectivity index is 3.22. The van der Waals surface area contributed by atoms with Crippen LogP contribution in [-0.2, 0) is 9.47 Å². The van der Waals surface area contributed by atoms with Crippen LogP contribution >= 0.6 is 0 Å². The summed E-state index contributed by atoms with van der Waals surface area (Å²) < 4.78 is 10.4. The molecule has 0 unspecified atom stereocenters. The van der Waals surface area contributed by atoms with Crippen LogP contribution in [0.3, 0.4) is 0 Å². The van der Waals surface area contributed by atoms with Crippen molar-refractivity contribution in [3.63, 3.8) is 0 Å². The molecule has 0 fully saturated rings. The molecule has 3 nitrogen and oxygen atoms in total. The molecule has 0 aromatic rings. The highest BCUT2D eigenvalue weighted by Crippen LogP contribution is 2.11. The quantitative estimate of drug-likeness (QED) is 0.0522. The topological polar surface area (TPSA) is 35.5 Å². The van der Waals surface area contributed by atoms with Crippen molar-refractivity contribution < 1.29 is 14.3 Å². The Labute approximate surface area is 238 Å². The second-order valence-corrected chi connectivity index (χ2v) is 11.1. The highest BCUT2D eigenvalue weighted by molar-refractivity contribution is 5.59. The van der Waals surface area contributed by atoms with Gasteiger partial charge in [-0.3, -0.25) is 0 Å². The number of unbranched alkanes of at least 4 members (excludes halogenated alkanes) is 22. The average Bonchev–Trinajstić information content (AvgIpc) is 2.92. The lowest BCUT2D eigenvalue weighted by Crippen LogP contribution is -2.09. The molecule has 0 rings (SSSR count). The lowest BCUT2D eigenvalue weighted by molar-refractivity contribution is 0.0529. The van der Waals surface area contributed by atoms with Crippen molar-refractivity contribution in [3.05, 3.63) is 24.3 Å². The fourth-order valence-corrected chi connectivity index (χ4v) is 4.70. The molecule has 38 heavy (non-hydrogen) atoms. The SMILES string of the molecule is CCCCCC/C=C\CCCCCCCCOC(=O)OCCCCCCCC/C=C/CCCCCCCC. The maximum atomic E-state index is 11.7. The summed E-state index contributed by atoms with van der Waals surface area (Å²) in [5.74, 6) is 0. The Kier molecular flexibility index (Phi) is 32.7. The van der Waals surface area contributed by atoms with Gasteiger partial charge in [0.25, 0.3) is 0 Å². The number of rotatable bonds is 30. The van der Waals surface area contributed by atoms with Gasteiger partial charge in [0.15, 0.2) is 0 Å². The molecule has 0 heterocycles. The molecule has 0 saturated carbocycles. The predicted molar refractivity (Wildman–Crippen MR) is 167 cm³/mol. The fraction of sp³-hybridized carbons (Fsp3) is 0.857. The molecule has 0 aliphatic carbocycles. The van der Waals surface area contributed by atoms with E-state index in [1.54, 1.807) is 0 Å². The van der Waals surface area contributed by atoms with Gasteiger partial charge in [-0.25, -0.2) is 4.79 Å². The van der Waals surface area contributed by atoms with Gasteiger partial charge < -0.3 is 9.47 Å². The average molecular weight is 535 g/mol. The Morgan fingerprint density at radius 3 is 1.00 bits per heavy atom. The third-order valence-electron chi connectivity index (χ3n) is 7.25. The van der Waals surface area contributed by atoms with E-state index < -0.39 is 6.16 Å². The standard InChI is InChI=1S/C35H66O3/c1-3-5-7-9-11-13-15-17-19-20-22-24-26-28-30-32-34-38-35(36)37-33-31-29-27-25-23-21-18-16-14-12-10-8-6-4-2/h14,16-17,19H,3-13,15,18,20-34H2,1-2H3/b16-14-,19-17+.